The van der Waals surface area contributed by atoms with Crippen molar-refractivity contribution in [2.45, 2.75) is 51.0 Å². The van der Waals surface area contributed by atoms with Gasteiger partial charge in [-0.3, -0.25) is 19.4 Å². The van der Waals surface area contributed by atoms with Crippen LogP contribution in [0.1, 0.15) is 56.6 Å². The van der Waals surface area contributed by atoms with Gasteiger partial charge in [0.05, 0.1) is 30.7 Å². The summed E-state index contributed by atoms with van der Waals surface area (Å²) >= 11 is 0.226. The number of amides is 2. The number of carbonyl (C=O) groups excluding carboxylic acids is 2. The molecule has 2 aromatic rings. The van der Waals surface area contributed by atoms with Gasteiger partial charge in [-0.2, -0.15) is 3.89 Å². The first kappa shape index (κ1) is 30.8. The minimum Gasteiger partial charge on any atom is -0.493 e. The third-order valence-corrected chi connectivity index (χ3v) is 8.16. The number of carboxylic acids is 1. The molecule has 11 heteroatoms. The zero-order valence-electron chi connectivity index (χ0n) is 23.2. The Morgan fingerprint density at radius 1 is 1.15 bits per heavy atom. The van der Waals surface area contributed by atoms with Crippen molar-refractivity contribution in [3.05, 3.63) is 48.3 Å². The van der Waals surface area contributed by atoms with Crippen LogP contribution in [0.5, 0.6) is 5.75 Å². The van der Waals surface area contributed by atoms with Gasteiger partial charge in [0.1, 0.15) is 5.75 Å². The molecule has 2 fully saturated rings. The smallest absolute Gasteiger partial charge is 0.305 e. The fraction of sp³-hybridized carbons (Fsp3) is 0.533. The Morgan fingerprint density at radius 3 is 2.66 bits per heavy atom. The van der Waals surface area contributed by atoms with E-state index in [0.29, 0.717) is 43.2 Å². The van der Waals surface area contributed by atoms with Gasteiger partial charge in [-0.05, 0) is 80.4 Å². The Labute approximate surface area is 244 Å². The molecule has 1 aromatic carbocycles. The van der Waals surface area contributed by atoms with Crippen LogP contribution >= 0.6 is 12.1 Å². The largest absolute Gasteiger partial charge is 0.493 e. The number of aromatic nitrogens is 1. The van der Waals surface area contributed by atoms with Crippen LogP contribution in [-0.2, 0) is 14.4 Å². The summed E-state index contributed by atoms with van der Waals surface area (Å²) in [6, 6.07) is 8.33. The fourth-order valence-corrected chi connectivity index (χ4v) is 5.68. The van der Waals surface area contributed by atoms with E-state index in [1.165, 1.54) is 0 Å². The van der Waals surface area contributed by atoms with Crippen molar-refractivity contribution in [1.82, 2.24) is 20.5 Å². The van der Waals surface area contributed by atoms with E-state index in [1.807, 2.05) is 18.2 Å². The summed E-state index contributed by atoms with van der Waals surface area (Å²) in [5.74, 6) is -0.132. The van der Waals surface area contributed by atoms with Crippen molar-refractivity contribution in [2.24, 2.45) is 11.8 Å². The average Bonchev–Trinajstić information content (AvgIpc) is 3.00. The molecule has 222 valence electrons. The Bertz CT molecular complexity index is 1160. The third kappa shape index (κ3) is 9.43. The second-order valence-electron chi connectivity index (χ2n) is 10.8. The van der Waals surface area contributed by atoms with Crippen LogP contribution in [0.25, 0.3) is 11.1 Å². The summed E-state index contributed by atoms with van der Waals surface area (Å²) in [6.07, 6.45) is 7.93. The predicted octanol–water partition coefficient (Wildman–Crippen LogP) is 4.40. The van der Waals surface area contributed by atoms with Gasteiger partial charge in [0.25, 0.3) is 0 Å². The van der Waals surface area contributed by atoms with Gasteiger partial charge >= 0.3 is 5.97 Å². The number of ether oxygens (including phenoxy) is 1. The summed E-state index contributed by atoms with van der Waals surface area (Å²) in [5, 5.41) is 15.9. The van der Waals surface area contributed by atoms with Crippen molar-refractivity contribution in [3.8, 4) is 16.9 Å². The summed E-state index contributed by atoms with van der Waals surface area (Å²) < 4.78 is 17.7. The van der Waals surface area contributed by atoms with Crippen LogP contribution in [0, 0.1) is 11.8 Å². The first-order chi connectivity index (χ1) is 19.9. The van der Waals surface area contributed by atoms with E-state index in [0.717, 1.165) is 49.9 Å². The number of carbonyl (C=O) groups is 3. The molecule has 3 heterocycles. The lowest BCUT2D eigenvalue weighted by molar-refractivity contribution is -0.138. The number of halogens is 1. The third-order valence-electron chi connectivity index (χ3n) is 7.84. The SMILES string of the molecule is O=C(O)CC(NC(=O)C1CCCN(C(=O)CCC2CCNCC2)C1)c1cncc(-c2ccc(OCCSF)cc2)c1. The van der Waals surface area contributed by atoms with Crippen molar-refractivity contribution in [1.29, 1.82) is 0 Å². The van der Waals surface area contributed by atoms with E-state index in [9.17, 15) is 23.4 Å². The molecule has 2 saturated heterocycles. The zero-order valence-corrected chi connectivity index (χ0v) is 24.0. The number of piperidine rings is 2. The van der Waals surface area contributed by atoms with Crippen LogP contribution in [0.2, 0.25) is 0 Å². The Kier molecular flexibility index (Phi) is 11.8. The lowest BCUT2D eigenvalue weighted by atomic mass is 9.92. The number of hydrogen-bond donors (Lipinski definition) is 3. The Balaban J connectivity index is 1.38. The molecule has 1 aromatic heterocycles. The highest BCUT2D eigenvalue weighted by Crippen LogP contribution is 2.27. The van der Waals surface area contributed by atoms with Crippen molar-refractivity contribution < 1.29 is 28.1 Å². The molecule has 2 atom stereocenters. The molecule has 2 unspecified atom stereocenters. The summed E-state index contributed by atoms with van der Waals surface area (Å²) in [4.78, 5) is 44.1. The summed E-state index contributed by atoms with van der Waals surface area (Å²) in [5.41, 5.74) is 2.20. The molecular weight excluding hydrogens is 547 g/mol. The van der Waals surface area contributed by atoms with Crippen molar-refractivity contribution in [3.63, 3.8) is 0 Å². The van der Waals surface area contributed by atoms with Gasteiger partial charge in [-0.25, -0.2) is 0 Å². The summed E-state index contributed by atoms with van der Waals surface area (Å²) in [7, 11) is 0. The lowest BCUT2D eigenvalue weighted by Gasteiger charge is -2.33. The molecule has 4 rings (SSSR count). The van der Waals surface area contributed by atoms with Crippen LogP contribution in [0.15, 0.2) is 42.7 Å². The van der Waals surface area contributed by atoms with Gasteiger partial charge in [0.2, 0.25) is 11.8 Å². The monoisotopic (exact) mass is 586 g/mol. The molecular formula is C30H39FN4O5S. The number of pyridine rings is 1. The van der Waals surface area contributed by atoms with Gasteiger partial charge in [0, 0.05) is 49.6 Å². The fourth-order valence-electron chi connectivity index (χ4n) is 5.53. The first-order valence-electron chi connectivity index (χ1n) is 14.4. The highest BCUT2D eigenvalue weighted by molar-refractivity contribution is 7.94. The maximum Gasteiger partial charge on any atom is 0.305 e. The van der Waals surface area contributed by atoms with Crippen LogP contribution in [0.3, 0.4) is 0 Å². The molecule has 3 N–H and O–H groups in total. The lowest BCUT2D eigenvalue weighted by Crippen LogP contribution is -2.46. The Morgan fingerprint density at radius 2 is 1.93 bits per heavy atom. The topological polar surface area (TPSA) is 121 Å². The molecule has 2 amide bonds. The molecule has 9 nitrogen and oxygen atoms in total. The minimum absolute atomic E-state index is 0.0951. The molecule has 0 spiro atoms. The summed E-state index contributed by atoms with van der Waals surface area (Å²) in [6.45, 7) is 3.28. The second-order valence-corrected chi connectivity index (χ2v) is 11.4. The van der Waals surface area contributed by atoms with Gasteiger partial charge in [-0.1, -0.05) is 12.1 Å². The second kappa shape index (κ2) is 15.7. The van der Waals surface area contributed by atoms with Crippen LogP contribution < -0.4 is 15.4 Å². The highest BCUT2D eigenvalue weighted by Gasteiger charge is 2.30. The Hall–Kier alpha value is -3.18. The van der Waals surface area contributed by atoms with Gasteiger partial charge < -0.3 is 25.4 Å². The number of nitrogens with one attached hydrogen (secondary N) is 2. The standard InChI is InChI=1S/C30H39FN4O5S/c31-41-15-14-40-26-6-4-22(5-7-26)24-16-25(19-33-18-24)27(17-29(37)38)34-30(39)23-2-1-13-35(20-23)28(36)8-3-21-9-11-32-12-10-21/h4-7,16,18-19,21,23,27,32H,1-3,8-15,17,20H2,(H,34,39)(H,37,38). The van der Waals surface area contributed by atoms with Gasteiger partial charge in [0.15, 0.2) is 0 Å². The number of benzene rings is 1. The highest BCUT2D eigenvalue weighted by atomic mass is 32.2. The number of nitrogens with zero attached hydrogens (tertiary/aromatic N) is 2. The van der Waals surface area contributed by atoms with E-state index in [4.69, 9.17) is 4.74 Å². The molecule has 0 radical (unpaired) electrons. The molecule has 0 bridgehead atoms. The molecule has 2 aliphatic heterocycles. The van der Waals surface area contributed by atoms with E-state index in [-0.39, 0.29) is 48.7 Å². The van der Waals surface area contributed by atoms with Crippen molar-refractivity contribution >= 4 is 29.9 Å². The van der Waals surface area contributed by atoms with Crippen LogP contribution in [0.4, 0.5) is 3.89 Å². The molecule has 0 aliphatic carbocycles. The number of likely N-dealkylation sites (tertiary alicyclic amines) is 1. The zero-order chi connectivity index (χ0) is 29.0. The minimum atomic E-state index is -1.04. The molecule has 2 aliphatic rings. The van der Waals surface area contributed by atoms with E-state index in [2.05, 4.69) is 15.6 Å². The van der Waals surface area contributed by atoms with Crippen LogP contribution in [-0.4, -0.2) is 71.3 Å². The number of hydrogen-bond acceptors (Lipinski definition) is 7. The number of aliphatic carboxylic acids is 1. The quantitative estimate of drug-likeness (QED) is 0.296. The van der Waals surface area contributed by atoms with Crippen molar-refractivity contribution in [2.75, 3.05) is 38.5 Å². The average molecular weight is 587 g/mol. The number of carboxylic acid groups (broad SMARTS) is 1. The molecule has 0 saturated carbocycles. The molecule has 41 heavy (non-hydrogen) atoms. The van der Waals surface area contributed by atoms with Gasteiger partial charge in [-0.15, -0.1) is 0 Å². The van der Waals surface area contributed by atoms with E-state index >= 15 is 0 Å². The maximum absolute atomic E-state index is 13.3. The predicted molar refractivity (Wildman–Crippen MR) is 156 cm³/mol. The van der Waals surface area contributed by atoms with E-state index < -0.39 is 12.0 Å². The maximum atomic E-state index is 13.3. The first-order valence-corrected chi connectivity index (χ1v) is 15.2. The van der Waals surface area contributed by atoms with E-state index in [1.54, 1.807) is 29.4 Å². The number of rotatable bonds is 13. The normalized spacial score (nSPS) is 18.5.